The van der Waals surface area contributed by atoms with Crippen LogP contribution in [0, 0.1) is 0 Å². The number of carbonyl (C=O) groups excluding carboxylic acids is 2. The molecule has 2 N–H and O–H groups in total. The van der Waals surface area contributed by atoms with Crippen LogP contribution in [0.3, 0.4) is 0 Å². The van der Waals surface area contributed by atoms with Crippen molar-refractivity contribution in [2.45, 2.75) is 38.6 Å². The number of rotatable bonds is 4. The van der Waals surface area contributed by atoms with Crippen LogP contribution in [0.15, 0.2) is 24.3 Å². The third-order valence-corrected chi connectivity index (χ3v) is 3.83. The second-order valence-electron chi connectivity index (χ2n) is 5.64. The maximum atomic E-state index is 12.1. The Morgan fingerprint density at radius 2 is 1.76 bits per heavy atom. The van der Waals surface area contributed by atoms with Crippen molar-refractivity contribution < 1.29 is 9.59 Å². The summed E-state index contributed by atoms with van der Waals surface area (Å²) < 4.78 is 0. The van der Waals surface area contributed by atoms with Crippen LogP contribution in [0.5, 0.6) is 0 Å². The van der Waals surface area contributed by atoms with E-state index in [9.17, 15) is 9.59 Å². The fourth-order valence-corrected chi connectivity index (χ4v) is 2.67. The highest BCUT2D eigenvalue weighted by atomic mass is 16.2. The van der Waals surface area contributed by atoms with E-state index >= 15 is 0 Å². The highest BCUT2D eigenvalue weighted by Crippen LogP contribution is 2.19. The van der Waals surface area contributed by atoms with Gasteiger partial charge in [0.1, 0.15) is 0 Å². The largest absolute Gasteiger partial charge is 0.326 e. The lowest BCUT2D eigenvalue weighted by Crippen LogP contribution is -2.38. The molecule has 1 heterocycles. The minimum atomic E-state index is -0.105. The molecule has 0 radical (unpaired) electrons. The lowest BCUT2D eigenvalue weighted by molar-refractivity contribution is -0.117. The number of hydrogen-bond acceptors (Lipinski definition) is 3. The summed E-state index contributed by atoms with van der Waals surface area (Å²) in [7, 11) is 2.08. The predicted molar refractivity (Wildman–Crippen MR) is 84.3 cm³/mol. The fourth-order valence-electron chi connectivity index (χ4n) is 2.67. The molecule has 1 atom stereocenters. The molecule has 1 aliphatic rings. The Kier molecular flexibility index (Phi) is 5.33. The van der Waals surface area contributed by atoms with E-state index in [2.05, 4.69) is 22.6 Å². The van der Waals surface area contributed by atoms with Crippen LogP contribution in [0.4, 0.5) is 11.4 Å². The maximum absolute atomic E-state index is 12.1. The Balaban J connectivity index is 1.85. The summed E-state index contributed by atoms with van der Waals surface area (Å²) in [6, 6.07) is 7.51. The van der Waals surface area contributed by atoms with Crippen LogP contribution < -0.4 is 10.6 Å². The number of nitrogens with zero attached hydrogens (tertiary/aromatic N) is 1. The van der Waals surface area contributed by atoms with Gasteiger partial charge in [-0.3, -0.25) is 9.59 Å². The minimum absolute atomic E-state index is 0.0426. The third kappa shape index (κ3) is 4.86. The summed E-state index contributed by atoms with van der Waals surface area (Å²) in [5.74, 6) is -0.0619. The number of amides is 2. The van der Waals surface area contributed by atoms with Crippen LogP contribution in [0.25, 0.3) is 0 Å². The Labute approximate surface area is 125 Å². The van der Waals surface area contributed by atoms with Gasteiger partial charge in [-0.05, 0) is 50.7 Å². The van der Waals surface area contributed by atoms with Gasteiger partial charge in [-0.1, -0.05) is 6.42 Å². The van der Waals surface area contributed by atoms with E-state index < -0.39 is 0 Å². The van der Waals surface area contributed by atoms with Gasteiger partial charge in [-0.15, -0.1) is 0 Å². The highest BCUT2D eigenvalue weighted by molar-refractivity contribution is 5.92. The first-order valence-corrected chi connectivity index (χ1v) is 7.42. The van der Waals surface area contributed by atoms with Crippen LogP contribution in [0.1, 0.15) is 32.6 Å². The van der Waals surface area contributed by atoms with Crippen molar-refractivity contribution in [3.63, 3.8) is 0 Å². The van der Waals surface area contributed by atoms with Crippen molar-refractivity contribution >= 4 is 23.2 Å². The predicted octanol–water partition coefficient (Wildman–Crippen LogP) is 2.46. The summed E-state index contributed by atoms with van der Waals surface area (Å²) in [6.07, 6.45) is 4.04. The van der Waals surface area contributed by atoms with E-state index in [4.69, 9.17) is 0 Å². The normalized spacial score (nSPS) is 19.0. The number of carbonyl (C=O) groups is 2. The number of benzene rings is 1. The molecule has 21 heavy (non-hydrogen) atoms. The van der Waals surface area contributed by atoms with E-state index in [0.717, 1.165) is 24.3 Å². The minimum Gasteiger partial charge on any atom is -0.326 e. The van der Waals surface area contributed by atoms with Crippen LogP contribution in [-0.4, -0.2) is 36.3 Å². The van der Waals surface area contributed by atoms with Crippen molar-refractivity contribution in [2.75, 3.05) is 24.2 Å². The van der Waals surface area contributed by atoms with Crippen molar-refractivity contribution in [2.24, 2.45) is 0 Å². The topological polar surface area (TPSA) is 61.4 Å². The smallest absolute Gasteiger partial charge is 0.225 e. The Morgan fingerprint density at radius 3 is 2.33 bits per heavy atom. The van der Waals surface area contributed by atoms with Gasteiger partial charge in [-0.2, -0.15) is 0 Å². The van der Waals surface area contributed by atoms with E-state index in [1.54, 1.807) is 24.3 Å². The monoisotopic (exact) mass is 289 g/mol. The molecule has 1 fully saturated rings. The van der Waals surface area contributed by atoms with Crippen molar-refractivity contribution in [1.82, 2.24) is 4.90 Å². The second kappa shape index (κ2) is 7.22. The van der Waals surface area contributed by atoms with Gasteiger partial charge >= 0.3 is 0 Å². The first-order chi connectivity index (χ1) is 10.0. The number of likely N-dealkylation sites (tertiary alicyclic amines) is 1. The Hall–Kier alpha value is -1.88. The molecule has 2 amide bonds. The lowest BCUT2D eigenvalue weighted by atomic mass is 10.00. The number of anilines is 2. The summed E-state index contributed by atoms with van der Waals surface area (Å²) in [5, 5.41) is 5.61. The zero-order valence-corrected chi connectivity index (χ0v) is 12.7. The lowest BCUT2D eigenvalue weighted by Gasteiger charge is -2.31. The summed E-state index contributed by atoms with van der Waals surface area (Å²) in [4.78, 5) is 25.3. The maximum Gasteiger partial charge on any atom is 0.225 e. The zero-order chi connectivity index (χ0) is 15.2. The molecular weight excluding hydrogens is 266 g/mol. The van der Waals surface area contributed by atoms with Crippen LogP contribution in [0.2, 0.25) is 0 Å². The molecule has 1 aliphatic heterocycles. The molecule has 1 aromatic rings. The molecule has 0 aromatic heterocycles. The molecule has 1 unspecified atom stereocenters. The molecule has 1 saturated heterocycles. The molecular formula is C16H23N3O2. The van der Waals surface area contributed by atoms with Gasteiger partial charge in [0, 0.05) is 30.8 Å². The summed E-state index contributed by atoms with van der Waals surface area (Å²) in [6.45, 7) is 2.54. The van der Waals surface area contributed by atoms with E-state index in [-0.39, 0.29) is 11.8 Å². The van der Waals surface area contributed by atoms with Gasteiger partial charge in [0.15, 0.2) is 0 Å². The van der Waals surface area contributed by atoms with Gasteiger partial charge in [0.25, 0.3) is 0 Å². The standard InChI is InChI=1S/C16H23N3O2/c1-12(20)17-13-6-8-14(9-7-13)18-16(21)11-15-5-3-4-10-19(15)2/h6-9,15H,3-5,10-11H2,1-2H3,(H,17,20)(H,18,21). The molecule has 1 aromatic carbocycles. The molecule has 0 aliphatic carbocycles. The van der Waals surface area contributed by atoms with Gasteiger partial charge in [0.2, 0.25) is 11.8 Å². The Bertz CT molecular complexity index is 499. The first-order valence-electron chi connectivity index (χ1n) is 7.42. The summed E-state index contributed by atoms with van der Waals surface area (Å²) >= 11 is 0. The van der Waals surface area contributed by atoms with Crippen LogP contribution in [-0.2, 0) is 9.59 Å². The van der Waals surface area contributed by atoms with Crippen molar-refractivity contribution in [1.29, 1.82) is 0 Å². The van der Waals surface area contributed by atoms with E-state index in [1.807, 2.05) is 0 Å². The molecule has 0 spiro atoms. The zero-order valence-electron chi connectivity index (χ0n) is 12.7. The molecule has 0 bridgehead atoms. The molecule has 5 heteroatoms. The highest BCUT2D eigenvalue weighted by Gasteiger charge is 2.21. The number of hydrogen-bond donors (Lipinski definition) is 2. The average Bonchev–Trinajstić information content (AvgIpc) is 2.43. The molecule has 5 nitrogen and oxygen atoms in total. The van der Waals surface area contributed by atoms with Crippen molar-refractivity contribution in [3.8, 4) is 0 Å². The first kappa shape index (κ1) is 15.5. The summed E-state index contributed by atoms with van der Waals surface area (Å²) in [5.41, 5.74) is 1.49. The number of piperidine rings is 1. The molecule has 0 saturated carbocycles. The SMILES string of the molecule is CC(=O)Nc1ccc(NC(=O)CC2CCCCN2C)cc1. The Morgan fingerprint density at radius 1 is 1.14 bits per heavy atom. The van der Waals surface area contributed by atoms with Gasteiger partial charge < -0.3 is 15.5 Å². The number of nitrogens with one attached hydrogen (secondary N) is 2. The second-order valence-corrected chi connectivity index (χ2v) is 5.64. The van der Waals surface area contributed by atoms with E-state index in [1.165, 1.54) is 19.8 Å². The van der Waals surface area contributed by atoms with Crippen LogP contribution >= 0.6 is 0 Å². The molecule has 2 rings (SSSR count). The van der Waals surface area contributed by atoms with Gasteiger partial charge in [-0.25, -0.2) is 0 Å². The van der Waals surface area contributed by atoms with Gasteiger partial charge in [0.05, 0.1) is 0 Å². The fraction of sp³-hybridized carbons (Fsp3) is 0.500. The average molecular weight is 289 g/mol. The van der Waals surface area contributed by atoms with E-state index in [0.29, 0.717) is 12.5 Å². The quantitative estimate of drug-likeness (QED) is 0.895. The van der Waals surface area contributed by atoms with Crippen molar-refractivity contribution in [3.05, 3.63) is 24.3 Å². The molecule has 114 valence electrons. The third-order valence-electron chi connectivity index (χ3n) is 3.83.